The molecule has 5 nitrogen and oxygen atoms in total. The number of hydrogen-bond acceptors (Lipinski definition) is 4. The Kier molecular flexibility index (Phi) is 5.37. The van der Waals surface area contributed by atoms with E-state index in [1.165, 1.54) is 6.08 Å². The van der Waals surface area contributed by atoms with Crippen LogP contribution in [-0.4, -0.2) is 23.7 Å². The smallest absolute Gasteiger partial charge is 0.251 e. The zero-order valence-electron chi connectivity index (χ0n) is 12.6. The van der Waals surface area contributed by atoms with Crippen molar-refractivity contribution in [2.75, 3.05) is 7.05 Å². The first kappa shape index (κ1) is 16.1. The van der Waals surface area contributed by atoms with Crippen LogP contribution in [-0.2, 0) is 4.79 Å². The lowest BCUT2D eigenvalue weighted by molar-refractivity contribution is -0.114. The van der Waals surface area contributed by atoms with Gasteiger partial charge in [0.2, 0.25) is 0 Å². The van der Waals surface area contributed by atoms with Gasteiger partial charge in [0, 0.05) is 18.8 Å². The minimum atomic E-state index is -0.919. The van der Waals surface area contributed by atoms with E-state index in [4.69, 9.17) is 0 Å². The maximum atomic E-state index is 12.2. The van der Waals surface area contributed by atoms with Gasteiger partial charge in [0.25, 0.3) is 5.91 Å². The second kappa shape index (κ2) is 7.66. The fourth-order valence-electron chi connectivity index (χ4n) is 1.99. The molecule has 1 heterocycles. The number of nitrogens with zero attached hydrogens (tertiary/aromatic N) is 2. The van der Waals surface area contributed by atoms with Crippen molar-refractivity contribution in [1.29, 1.82) is 5.26 Å². The third-order valence-electron chi connectivity index (χ3n) is 3.24. The summed E-state index contributed by atoms with van der Waals surface area (Å²) in [6.45, 7) is 0. The number of hydrogen-bond donors (Lipinski definition) is 1. The van der Waals surface area contributed by atoms with Gasteiger partial charge in [-0.3, -0.25) is 14.6 Å². The minimum Gasteiger partial charge on any atom is -0.355 e. The lowest BCUT2D eigenvalue weighted by atomic mass is 10.00. The molecule has 1 N–H and O–H groups in total. The van der Waals surface area contributed by atoms with Crippen LogP contribution >= 0.6 is 0 Å². The molecule has 23 heavy (non-hydrogen) atoms. The van der Waals surface area contributed by atoms with Crippen molar-refractivity contribution in [2.45, 2.75) is 5.92 Å². The molecule has 1 aromatic carbocycles. The molecule has 0 fully saturated rings. The number of ketones is 1. The van der Waals surface area contributed by atoms with Crippen LogP contribution in [0.2, 0.25) is 0 Å². The number of nitrogens with one attached hydrogen (secondary N) is 1. The van der Waals surface area contributed by atoms with Crippen molar-refractivity contribution < 1.29 is 9.59 Å². The predicted molar refractivity (Wildman–Crippen MR) is 86.5 cm³/mol. The van der Waals surface area contributed by atoms with Crippen molar-refractivity contribution in [3.63, 3.8) is 0 Å². The highest BCUT2D eigenvalue weighted by molar-refractivity contribution is 6.00. The first-order valence-corrected chi connectivity index (χ1v) is 7.00. The summed E-state index contributed by atoms with van der Waals surface area (Å²) < 4.78 is 0. The molecule has 1 aromatic heterocycles. The van der Waals surface area contributed by atoms with Crippen LogP contribution in [0.25, 0.3) is 6.08 Å². The lowest BCUT2D eigenvalue weighted by Gasteiger charge is -2.04. The van der Waals surface area contributed by atoms with Crippen LogP contribution in [0.5, 0.6) is 0 Å². The summed E-state index contributed by atoms with van der Waals surface area (Å²) in [4.78, 5) is 27.7. The number of rotatable bonds is 5. The molecular formula is C18H15N3O2. The molecule has 2 aromatic rings. The third kappa shape index (κ3) is 4.11. The maximum Gasteiger partial charge on any atom is 0.251 e. The third-order valence-corrected chi connectivity index (χ3v) is 3.24. The number of amides is 1. The molecular weight excluding hydrogens is 290 g/mol. The molecule has 0 saturated carbocycles. The molecule has 114 valence electrons. The van der Waals surface area contributed by atoms with Gasteiger partial charge in [-0.1, -0.05) is 24.3 Å². The van der Waals surface area contributed by atoms with Crippen molar-refractivity contribution in [2.24, 2.45) is 0 Å². The Bertz CT molecular complexity index is 759. The van der Waals surface area contributed by atoms with Crippen LogP contribution in [0, 0.1) is 11.3 Å². The second-order valence-corrected chi connectivity index (χ2v) is 4.75. The summed E-state index contributed by atoms with van der Waals surface area (Å²) in [6, 6.07) is 13.9. The average molecular weight is 305 g/mol. The van der Waals surface area contributed by atoms with Crippen molar-refractivity contribution in [3.05, 3.63) is 71.6 Å². The van der Waals surface area contributed by atoms with E-state index < -0.39 is 5.92 Å². The summed E-state index contributed by atoms with van der Waals surface area (Å²) in [5, 5.41) is 11.7. The number of carbonyl (C=O) groups excluding carboxylic acids is 2. The van der Waals surface area contributed by atoms with Crippen LogP contribution in [0.3, 0.4) is 0 Å². The average Bonchev–Trinajstić information content (AvgIpc) is 2.61. The largest absolute Gasteiger partial charge is 0.355 e. The van der Waals surface area contributed by atoms with Crippen LogP contribution in [0.4, 0.5) is 0 Å². The zero-order chi connectivity index (χ0) is 16.7. The molecule has 0 bridgehead atoms. The minimum absolute atomic E-state index is 0.170. The topological polar surface area (TPSA) is 82.9 Å². The van der Waals surface area contributed by atoms with Crippen molar-refractivity contribution in [1.82, 2.24) is 10.3 Å². The SMILES string of the molecule is CNC(=O)c1ccc(/C=C\C(=O)[C@H](C#N)c2ccccn2)cc1. The summed E-state index contributed by atoms with van der Waals surface area (Å²) in [6.07, 6.45) is 4.52. The van der Waals surface area contributed by atoms with Crippen molar-refractivity contribution >= 4 is 17.8 Å². The Labute approximate surface area is 134 Å². The Hall–Kier alpha value is -3.26. The van der Waals surface area contributed by atoms with Gasteiger partial charge in [-0.05, 0) is 35.9 Å². The van der Waals surface area contributed by atoms with Crippen LogP contribution in [0.1, 0.15) is 27.5 Å². The molecule has 0 spiro atoms. The number of benzene rings is 1. The van der Waals surface area contributed by atoms with Gasteiger partial charge in [0.1, 0.15) is 0 Å². The molecule has 2 rings (SSSR count). The van der Waals surface area contributed by atoms with E-state index in [1.54, 1.807) is 61.8 Å². The molecule has 0 aliphatic rings. The van der Waals surface area contributed by atoms with Gasteiger partial charge in [-0.15, -0.1) is 0 Å². The summed E-state index contributed by atoms with van der Waals surface area (Å²) in [5.74, 6) is -1.42. The van der Waals surface area contributed by atoms with E-state index in [0.29, 0.717) is 11.3 Å². The van der Waals surface area contributed by atoms with Crippen LogP contribution < -0.4 is 5.32 Å². The van der Waals surface area contributed by atoms with Gasteiger partial charge >= 0.3 is 0 Å². The highest BCUT2D eigenvalue weighted by atomic mass is 16.1. The second-order valence-electron chi connectivity index (χ2n) is 4.75. The molecule has 0 radical (unpaired) electrons. The quantitative estimate of drug-likeness (QED) is 0.859. The number of nitriles is 1. The molecule has 1 atom stereocenters. The standard InChI is InChI=1S/C18H15N3O2/c1-20-18(23)14-8-5-13(6-9-14)7-10-17(22)15(12-19)16-4-2-3-11-21-16/h2-11,15H,1H3,(H,20,23)/b10-7-/t15-/m1/s1. The van der Waals surface area contributed by atoms with Crippen molar-refractivity contribution in [3.8, 4) is 6.07 Å². The van der Waals surface area contributed by atoms with Gasteiger partial charge in [0.05, 0.1) is 11.8 Å². The summed E-state index contributed by atoms with van der Waals surface area (Å²) in [7, 11) is 1.56. The molecule has 0 aliphatic heterocycles. The zero-order valence-corrected chi connectivity index (χ0v) is 12.6. The Morgan fingerprint density at radius 1 is 1.22 bits per heavy atom. The molecule has 0 aliphatic carbocycles. The lowest BCUT2D eigenvalue weighted by Crippen LogP contribution is -2.17. The van der Waals surface area contributed by atoms with Gasteiger partial charge in [0.15, 0.2) is 11.7 Å². The van der Waals surface area contributed by atoms with E-state index in [9.17, 15) is 14.9 Å². The summed E-state index contributed by atoms with van der Waals surface area (Å²) >= 11 is 0. The van der Waals surface area contributed by atoms with E-state index in [2.05, 4.69) is 10.3 Å². The highest BCUT2D eigenvalue weighted by Gasteiger charge is 2.18. The van der Waals surface area contributed by atoms with Gasteiger partial charge < -0.3 is 5.32 Å². The monoisotopic (exact) mass is 305 g/mol. The Balaban J connectivity index is 2.11. The maximum absolute atomic E-state index is 12.2. The normalized spacial score (nSPS) is 11.7. The van der Waals surface area contributed by atoms with E-state index in [1.807, 2.05) is 6.07 Å². The van der Waals surface area contributed by atoms with Crippen LogP contribution in [0.15, 0.2) is 54.7 Å². The Morgan fingerprint density at radius 2 is 1.96 bits per heavy atom. The first-order chi connectivity index (χ1) is 11.2. The first-order valence-electron chi connectivity index (χ1n) is 7.00. The summed E-state index contributed by atoms with van der Waals surface area (Å²) in [5.41, 5.74) is 1.74. The predicted octanol–water partition coefficient (Wildman–Crippen LogP) is 2.33. The van der Waals surface area contributed by atoms with Gasteiger partial charge in [-0.2, -0.15) is 5.26 Å². The number of pyridine rings is 1. The Morgan fingerprint density at radius 3 is 2.52 bits per heavy atom. The molecule has 0 saturated heterocycles. The highest BCUT2D eigenvalue weighted by Crippen LogP contribution is 2.15. The molecule has 5 heteroatoms. The molecule has 0 unspecified atom stereocenters. The fraction of sp³-hybridized carbons (Fsp3) is 0.111. The fourth-order valence-corrected chi connectivity index (χ4v) is 1.99. The van der Waals surface area contributed by atoms with E-state index in [0.717, 1.165) is 5.56 Å². The number of aromatic nitrogens is 1. The van der Waals surface area contributed by atoms with E-state index in [-0.39, 0.29) is 11.7 Å². The molecule has 1 amide bonds. The number of carbonyl (C=O) groups is 2. The van der Waals surface area contributed by atoms with E-state index >= 15 is 0 Å². The number of allylic oxidation sites excluding steroid dienone is 1. The van der Waals surface area contributed by atoms with Gasteiger partial charge in [-0.25, -0.2) is 0 Å².